The molecule has 0 aliphatic carbocycles. The number of para-hydroxylation sites is 1. The Morgan fingerprint density at radius 3 is 2.42 bits per heavy atom. The normalized spacial score (nSPS) is 16.5. The smallest absolute Gasteiger partial charge is 0.269 e. The maximum Gasteiger partial charge on any atom is 0.269 e. The summed E-state index contributed by atoms with van der Waals surface area (Å²) in [6.07, 6.45) is 0. The lowest BCUT2D eigenvalue weighted by Gasteiger charge is -2.20. The maximum atomic E-state index is 12.8. The predicted octanol–water partition coefficient (Wildman–Crippen LogP) is 6.15. The first kappa shape index (κ1) is 25.3. The molecule has 8 nitrogen and oxygen atoms in total. The summed E-state index contributed by atoms with van der Waals surface area (Å²) in [6, 6.07) is 24.2. The van der Waals surface area contributed by atoms with E-state index >= 15 is 0 Å². The van der Waals surface area contributed by atoms with Gasteiger partial charge < -0.3 is 10.6 Å². The molecule has 1 amide bonds. The van der Waals surface area contributed by atoms with Crippen LogP contribution in [0.4, 0.5) is 17.1 Å². The molecule has 0 saturated carbocycles. The summed E-state index contributed by atoms with van der Waals surface area (Å²) in [5, 5.41) is 25.1. The molecular weight excluding hydrogens is 494 g/mol. The summed E-state index contributed by atoms with van der Waals surface area (Å²) in [5.41, 5.74) is 3.15. The fourth-order valence-electron chi connectivity index (χ4n) is 3.57. The number of amides is 1. The van der Waals surface area contributed by atoms with Crippen molar-refractivity contribution < 1.29 is 9.72 Å². The molecule has 2 aliphatic heterocycles. The summed E-state index contributed by atoms with van der Waals surface area (Å²) in [6.45, 7) is 3.86. The molecule has 0 radical (unpaired) electrons. The van der Waals surface area contributed by atoms with Gasteiger partial charge in [-0.25, -0.2) is 0 Å². The second-order valence-electron chi connectivity index (χ2n) is 7.82. The van der Waals surface area contributed by atoms with Gasteiger partial charge in [-0.15, -0.1) is 0 Å². The van der Waals surface area contributed by atoms with Gasteiger partial charge in [-0.1, -0.05) is 54.2 Å². The summed E-state index contributed by atoms with van der Waals surface area (Å²) in [4.78, 5) is 27.0. The number of rotatable bonds is 5. The zero-order valence-corrected chi connectivity index (χ0v) is 21.2. The number of nitrogens with one attached hydrogen (secondary N) is 3. The highest BCUT2D eigenvalue weighted by Gasteiger charge is 2.35. The molecule has 3 N–H and O–H groups in total. The van der Waals surface area contributed by atoms with E-state index in [0.717, 1.165) is 33.3 Å². The third-order valence-electron chi connectivity index (χ3n) is 5.34. The highest BCUT2D eigenvalue weighted by Crippen LogP contribution is 2.43. The number of nitro benzene ring substituents is 1. The Morgan fingerprint density at radius 1 is 1.03 bits per heavy atom. The van der Waals surface area contributed by atoms with Crippen LogP contribution in [0.2, 0.25) is 0 Å². The van der Waals surface area contributed by atoms with Gasteiger partial charge >= 0.3 is 0 Å². The molecule has 36 heavy (non-hydrogen) atoms. The Labute approximate surface area is 217 Å². The van der Waals surface area contributed by atoms with Crippen molar-refractivity contribution in [1.82, 2.24) is 4.90 Å². The molecule has 0 spiro atoms. The molecule has 3 aromatic carbocycles. The van der Waals surface area contributed by atoms with Crippen molar-refractivity contribution in [3.63, 3.8) is 0 Å². The highest BCUT2D eigenvalue weighted by atomic mass is 32.2. The van der Waals surface area contributed by atoms with Crippen molar-refractivity contribution in [2.75, 3.05) is 23.7 Å². The molecule has 0 unspecified atom stereocenters. The van der Waals surface area contributed by atoms with Gasteiger partial charge in [0.1, 0.15) is 0 Å². The fourth-order valence-corrected chi connectivity index (χ4v) is 5.64. The second kappa shape index (κ2) is 11.8. The number of fused-ring (bicyclic) bond motifs is 1. The average molecular weight is 520 g/mol. The van der Waals surface area contributed by atoms with Crippen molar-refractivity contribution in [2.24, 2.45) is 0 Å². The highest BCUT2D eigenvalue weighted by molar-refractivity contribution is 8.19. The van der Waals surface area contributed by atoms with Crippen LogP contribution in [0.5, 0.6) is 0 Å². The zero-order valence-electron chi connectivity index (χ0n) is 19.6. The first-order valence-corrected chi connectivity index (χ1v) is 12.9. The number of thioether (sulfide) groups is 2. The van der Waals surface area contributed by atoms with E-state index in [1.165, 1.54) is 23.9 Å². The van der Waals surface area contributed by atoms with E-state index in [9.17, 15) is 14.9 Å². The minimum atomic E-state index is -0.407. The van der Waals surface area contributed by atoms with Crippen molar-refractivity contribution in [1.29, 1.82) is 5.41 Å². The van der Waals surface area contributed by atoms with Gasteiger partial charge in [0.05, 0.1) is 16.4 Å². The van der Waals surface area contributed by atoms with Gasteiger partial charge in [-0.3, -0.25) is 25.2 Å². The van der Waals surface area contributed by atoms with Crippen molar-refractivity contribution in [2.45, 2.75) is 18.4 Å². The lowest BCUT2D eigenvalue weighted by Crippen LogP contribution is -2.28. The summed E-state index contributed by atoms with van der Waals surface area (Å²) in [7, 11) is 0. The van der Waals surface area contributed by atoms with Gasteiger partial charge in [0.2, 0.25) is 0 Å². The number of benzene rings is 3. The van der Waals surface area contributed by atoms with Crippen LogP contribution in [0, 0.1) is 15.5 Å². The number of carbonyl (C=O) groups is 1. The quantitative estimate of drug-likeness (QED) is 0.210. The van der Waals surface area contributed by atoms with Crippen LogP contribution in [0.1, 0.15) is 12.5 Å². The van der Waals surface area contributed by atoms with Crippen molar-refractivity contribution >= 4 is 51.7 Å². The summed E-state index contributed by atoms with van der Waals surface area (Å²) in [5.74, 6) is -0.0717. The first-order chi connectivity index (χ1) is 17.5. The minimum Gasteiger partial charge on any atom is -0.385 e. The monoisotopic (exact) mass is 519 g/mol. The predicted molar refractivity (Wildman–Crippen MR) is 147 cm³/mol. The number of amidine groups is 1. The number of nitrogens with zero attached hydrogens (tertiary/aromatic N) is 2. The Bertz CT molecular complexity index is 1300. The Hall–Kier alpha value is -3.76. The van der Waals surface area contributed by atoms with Gasteiger partial charge in [0.15, 0.2) is 5.17 Å². The van der Waals surface area contributed by atoms with Crippen molar-refractivity contribution in [3.8, 4) is 0 Å². The number of non-ortho nitro benzene ring substituents is 1. The van der Waals surface area contributed by atoms with Gasteiger partial charge in [-0.05, 0) is 48.5 Å². The Kier molecular flexibility index (Phi) is 8.29. The lowest BCUT2D eigenvalue weighted by molar-refractivity contribution is -0.384. The van der Waals surface area contributed by atoms with Gasteiger partial charge in [-0.2, -0.15) is 0 Å². The maximum absolute atomic E-state index is 12.8. The molecule has 2 heterocycles. The molecule has 10 heteroatoms. The SMILES string of the molecule is CCNc1ccc([N+](=O)[O-])cc1.N=C1S/C(=C2/CNc3ccccc3S2)C(=O)N1Cc1ccccc1. The molecule has 1 saturated heterocycles. The van der Waals surface area contributed by atoms with E-state index in [0.29, 0.717) is 23.2 Å². The average Bonchev–Trinajstić information content (AvgIpc) is 3.18. The van der Waals surface area contributed by atoms with E-state index in [1.54, 1.807) is 28.8 Å². The largest absolute Gasteiger partial charge is 0.385 e. The van der Waals surface area contributed by atoms with Crippen LogP contribution in [-0.2, 0) is 11.3 Å². The third-order valence-corrected chi connectivity index (χ3v) is 7.68. The zero-order chi connectivity index (χ0) is 25.5. The van der Waals surface area contributed by atoms with Crippen LogP contribution < -0.4 is 10.6 Å². The second-order valence-corrected chi connectivity index (χ2v) is 9.96. The topological polar surface area (TPSA) is 111 Å². The standard InChI is InChI=1S/C18H15N3OS2.C8H10N2O2/c19-18-21(11-12-6-2-1-3-7-12)17(22)16(24-18)15-10-20-13-8-4-5-9-14(13)23-15;1-2-9-7-3-5-8(6-4-7)10(11)12/h1-9,19-20H,10-11H2;3-6,9H,2H2,1H3/b16-15-,19-18?;. The molecule has 0 atom stereocenters. The van der Waals surface area contributed by atoms with E-state index in [1.807, 2.05) is 61.5 Å². The third kappa shape index (κ3) is 6.07. The van der Waals surface area contributed by atoms with Crippen LogP contribution in [-0.4, -0.2) is 34.0 Å². The number of carbonyl (C=O) groups excluding carboxylic acids is 1. The molecule has 184 valence electrons. The van der Waals surface area contributed by atoms with E-state index in [2.05, 4.69) is 10.6 Å². The molecule has 0 aromatic heterocycles. The summed E-state index contributed by atoms with van der Waals surface area (Å²) >= 11 is 2.88. The van der Waals surface area contributed by atoms with Gasteiger partial charge in [0.25, 0.3) is 11.6 Å². The number of hydrogen-bond acceptors (Lipinski definition) is 8. The lowest BCUT2D eigenvalue weighted by atomic mass is 10.2. The molecule has 2 aliphatic rings. The Balaban J connectivity index is 0.000000214. The molecule has 3 aromatic rings. The van der Waals surface area contributed by atoms with Crippen LogP contribution >= 0.6 is 23.5 Å². The Morgan fingerprint density at radius 2 is 1.72 bits per heavy atom. The fraction of sp³-hybridized carbons (Fsp3) is 0.154. The van der Waals surface area contributed by atoms with E-state index < -0.39 is 4.92 Å². The summed E-state index contributed by atoms with van der Waals surface area (Å²) < 4.78 is 0. The molecule has 5 rings (SSSR count). The molecule has 1 fully saturated rings. The minimum absolute atomic E-state index is 0.0717. The number of hydrogen-bond donors (Lipinski definition) is 3. The van der Waals surface area contributed by atoms with Crippen LogP contribution in [0.3, 0.4) is 0 Å². The van der Waals surface area contributed by atoms with E-state index in [4.69, 9.17) is 5.41 Å². The van der Waals surface area contributed by atoms with Crippen LogP contribution in [0.15, 0.2) is 93.6 Å². The van der Waals surface area contributed by atoms with Gasteiger partial charge in [0, 0.05) is 46.4 Å². The molecular formula is C26H25N5O3S2. The number of nitro groups is 1. The molecule has 0 bridgehead atoms. The number of anilines is 2. The van der Waals surface area contributed by atoms with E-state index in [-0.39, 0.29) is 11.6 Å². The first-order valence-electron chi connectivity index (χ1n) is 11.3. The van der Waals surface area contributed by atoms with Crippen molar-refractivity contribution in [3.05, 3.63) is 104 Å². The van der Waals surface area contributed by atoms with Crippen LogP contribution in [0.25, 0.3) is 0 Å².